The van der Waals surface area contributed by atoms with Crippen LogP contribution in [0.1, 0.15) is 41.0 Å². The molecule has 1 aliphatic carbocycles. The lowest BCUT2D eigenvalue weighted by molar-refractivity contribution is 0.0908. The van der Waals surface area contributed by atoms with E-state index in [0.717, 1.165) is 29.1 Å². The number of aryl methyl sites for hydroxylation is 1. The van der Waals surface area contributed by atoms with E-state index in [1.807, 2.05) is 36.6 Å². The fourth-order valence-corrected chi connectivity index (χ4v) is 3.87. The van der Waals surface area contributed by atoms with Crippen LogP contribution in [0.25, 0.3) is 11.3 Å². The number of nitrogens with one attached hydrogen (secondary N) is 1. The molecule has 0 radical (unpaired) electrons. The summed E-state index contributed by atoms with van der Waals surface area (Å²) >= 11 is 1.62. The molecule has 1 fully saturated rings. The van der Waals surface area contributed by atoms with Gasteiger partial charge in [0.25, 0.3) is 5.91 Å². The van der Waals surface area contributed by atoms with Crippen LogP contribution < -0.4 is 11.1 Å². The number of nitrogens with two attached hydrogens (primary N) is 1. The standard InChI is InChI=1S/C18H23N3OS/c1-12-20-17(11-23-12)13-6-4-7-14(9-13)18(22)21-16-8-3-2-5-15(16)10-19/h4,6-7,9,11,15-16H,2-3,5,8,10,19H2,1H3,(H,21,22). The molecule has 0 spiro atoms. The maximum Gasteiger partial charge on any atom is 0.251 e. The summed E-state index contributed by atoms with van der Waals surface area (Å²) < 4.78 is 0. The van der Waals surface area contributed by atoms with Crippen molar-refractivity contribution in [3.05, 3.63) is 40.2 Å². The van der Waals surface area contributed by atoms with E-state index in [1.54, 1.807) is 11.3 Å². The molecular weight excluding hydrogens is 306 g/mol. The van der Waals surface area contributed by atoms with Crippen LogP contribution in [0, 0.1) is 12.8 Å². The molecule has 5 heteroatoms. The molecule has 3 N–H and O–H groups in total. The lowest BCUT2D eigenvalue weighted by atomic mass is 9.84. The zero-order valence-corrected chi connectivity index (χ0v) is 14.2. The van der Waals surface area contributed by atoms with Crippen LogP contribution in [0.3, 0.4) is 0 Å². The van der Waals surface area contributed by atoms with E-state index < -0.39 is 0 Å². The third kappa shape index (κ3) is 3.79. The first kappa shape index (κ1) is 16.1. The van der Waals surface area contributed by atoms with Gasteiger partial charge in [0.2, 0.25) is 0 Å². The van der Waals surface area contributed by atoms with Crippen molar-refractivity contribution in [1.29, 1.82) is 0 Å². The molecule has 1 heterocycles. The summed E-state index contributed by atoms with van der Waals surface area (Å²) in [5, 5.41) is 6.24. The number of benzene rings is 1. The number of carbonyl (C=O) groups excluding carboxylic acids is 1. The van der Waals surface area contributed by atoms with E-state index in [1.165, 1.54) is 12.8 Å². The zero-order chi connectivity index (χ0) is 16.2. The average Bonchev–Trinajstić information content (AvgIpc) is 3.02. The number of hydrogen-bond donors (Lipinski definition) is 2. The van der Waals surface area contributed by atoms with Gasteiger partial charge in [-0.05, 0) is 44.4 Å². The summed E-state index contributed by atoms with van der Waals surface area (Å²) in [6.45, 7) is 2.63. The van der Waals surface area contributed by atoms with Crippen LogP contribution >= 0.6 is 11.3 Å². The van der Waals surface area contributed by atoms with Crippen molar-refractivity contribution in [2.24, 2.45) is 11.7 Å². The van der Waals surface area contributed by atoms with Crippen molar-refractivity contribution >= 4 is 17.2 Å². The van der Waals surface area contributed by atoms with Gasteiger partial charge < -0.3 is 11.1 Å². The Morgan fingerprint density at radius 1 is 1.39 bits per heavy atom. The normalized spacial score (nSPS) is 21.1. The van der Waals surface area contributed by atoms with Crippen LogP contribution in [0.2, 0.25) is 0 Å². The molecule has 1 aromatic heterocycles. The molecule has 2 unspecified atom stereocenters. The lowest BCUT2D eigenvalue weighted by Gasteiger charge is -2.31. The van der Waals surface area contributed by atoms with Crippen LogP contribution in [0.5, 0.6) is 0 Å². The van der Waals surface area contributed by atoms with E-state index in [2.05, 4.69) is 10.3 Å². The second kappa shape index (κ2) is 7.23. The Balaban J connectivity index is 1.74. The van der Waals surface area contributed by atoms with Crippen molar-refractivity contribution in [3.63, 3.8) is 0 Å². The third-order valence-electron chi connectivity index (χ3n) is 4.57. The summed E-state index contributed by atoms with van der Waals surface area (Å²) in [4.78, 5) is 17.1. The highest BCUT2D eigenvalue weighted by Gasteiger charge is 2.25. The van der Waals surface area contributed by atoms with Crippen molar-refractivity contribution in [3.8, 4) is 11.3 Å². The smallest absolute Gasteiger partial charge is 0.251 e. The molecule has 1 aromatic carbocycles. The number of aromatic nitrogens is 1. The highest BCUT2D eigenvalue weighted by molar-refractivity contribution is 7.09. The second-order valence-electron chi connectivity index (χ2n) is 6.19. The van der Waals surface area contributed by atoms with E-state index >= 15 is 0 Å². The van der Waals surface area contributed by atoms with Gasteiger partial charge in [-0.15, -0.1) is 11.3 Å². The molecule has 4 nitrogen and oxygen atoms in total. The molecule has 23 heavy (non-hydrogen) atoms. The number of carbonyl (C=O) groups is 1. The SMILES string of the molecule is Cc1nc(-c2cccc(C(=O)NC3CCCCC3CN)c2)cs1. The lowest BCUT2D eigenvalue weighted by Crippen LogP contribution is -2.44. The van der Waals surface area contributed by atoms with Gasteiger partial charge in [-0.2, -0.15) is 0 Å². The fourth-order valence-electron chi connectivity index (χ4n) is 3.25. The number of amides is 1. The van der Waals surface area contributed by atoms with Gasteiger partial charge in [-0.3, -0.25) is 4.79 Å². The van der Waals surface area contributed by atoms with E-state index in [4.69, 9.17) is 5.73 Å². The Morgan fingerprint density at radius 2 is 2.22 bits per heavy atom. The predicted molar refractivity (Wildman–Crippen MR) is 94.6 cm³/mol. The molecule has 0 saturated heterocycles. The van der Waals surface area contributed by atoms with E-state index in [-0.39, 0.29) is 11.9 Å². The van der Waals surface area contributed by atoms with Crippen LogP contribution in [0.4, 0.5) is 0 Å². The van der Waals surface area contributed by atoms with Crippen molar-refractivity contribution < 1.29 is 4.79 Å². The Bertz CT molecular complexity index is 682. The van der Waals surface area contributed by atoms with Gasteiger partial charge >= 0.3 is 0 Å². The van der Waals surface area contributed by atoms with Gasteiger partial charge in [0, 0.05) is 22.5 Å². The molecule has 2 aromatic rings. The minimum absolute atomic E-state index is 0.0100. The summed E-state index contributed by atoms with van der Waals surface area (Å²) in [7, 11) is 0. The van der Waals surface area contributed by atoms with Gasteiger partial charge in [-0.25, -0.2) is 4.98 Å². The first-order valence-electron chi connectivity index (χ1n) is 8.21. The molecule has 1 saturated carbocycles. The summed E-state index contributed by atoms with van der Waals surface area (Å²) in [5.41, 5.74) is 8.46. The first-order chi connectivity index (χ1) is 11.2. The minimum Gasteiger partial charge on any atom is -0.349 e. The van der Waals surface area contributed by atoms with Gasteiger partial charge in [-0.1, -0.05) is 25.0 Å². The number of thiazole rings is 1. The summed E-state index contributed by atoms with van der Waals surface area (Å²) in [6.07, 6.45) is 4.52. The molecule has 122 valence electrons. The minimum atomic E-state index is -0.0100. The molecular formula is C18H23N3OS. The number of nitrogens with zero attached hydrogens (tertiary/aromatic N) is 1. The fraction of sp³-hybridized carbons (Fsp3) is 0.444. The zero-order valence-electron chi connectivity index (χ0n) is 13.4. The van der Waals surface area contributed by atoms with Gasteiger partial charge in [0.05, 0.1) is 10.7 Å². The van der Waals surface area contributed by atoms with Gasteiger partial charge in [0.15, 0.2) is 0 Å². The Labute approximate surface area is 141 Å². The maximum atomic E-state index is 12.6. The third-order valence-corrected chi connectivity index (χ3v) is 5.34. The van der Waals surface area contributed by atoms with Crippen molar-refractivity contribution in [2.75, 3.05) is 6.54 Å². The first-order valence-corrected chi connectivity index (χ1v) is 9.09. The highest BCUT2D eigenvalue weighted by Crippen LogP contribution is 2.25. The monoisotopic (exact) mass is 329 g/mol. The van der Waals surface area contributed by atoms with E-state index in [0.29, 0.717) is 18.0 Å². The number of hydrogen-bond acceptors (Lipinski definition) is 4. The summed E-state index contributed by atoms with van der Waals surface area (Å²) in [5.74, 6) is 0.390. The largest absolute Gasteiger partial charge is 0.349 e. The Morgan fingerprint density at radius 3 is 2.96 bits per heavy atom. The van der Waals surface area contributed by atoms with Gasteiger partial charge in [0.1, 0.15) is 0 Å². The molecule has 1 aliphatic rings. The van der Waals surface area contributed by atoms with Crippen molar-refractivity contribution in [1.82, 2.24) is 10.3 Å². The molecule has 0 bridgehead atoms. The Kier molecular flexibility index (Phi) is 5.08. The van der Waals surface area contributed by atoms with Crippen LogP contribution in [-0.4, -0.2) is 23.5 Å². The molecule has 2 atom stereocenters. The quantitative estimate of drug-likeness (QED) is 0.903. The highest BCUT2D eigenvalue weighted by atomic mass is 32.1. The predicted octanol–water partition coefficient (Wildman–Crippen LogP) is 3.37. The van der Waals surface area contributed by atoms with Crippen LogP contribution in [-0.2, 0) is 0 Å². The molecule has 0 aliphatic heterocycles. The van der Waals surface area contributed by atoms with Crippen LogP contribution in [0.15, 0.2) is 29.6 Å². The number of rotatable bonds is 4. The Hall–Kier alpha value is -1.72. The topological polar surface area (TPSA) is 68.0 Å². The second-order valence-corrected chi connectivity index (χ2v) is 7.25. The molecule has 3 rings (SSSR count). The van der Waals surface area contributed by atoms with E-state index in [9.17, 15) is 4.79 Å². The maximum absolute atomic E-state index is 12.6. The summed E-state index contributed by atoms with van der Waals surface area (Å²) in [6, 6.07) is 7.89. The van der Waals surface area contributed by atoms with Crippen molar-refractivity contribution in [2.45, 2.75) is 38.6 Å². The average molecular weight is 329 g/mol. The molecule has 1 amide bonds.